The number of nitrogens with zero attached hydrogens (tertiary/aromatic N) is 6. The normalized spacial score (nSPS) is 35.0. The molecule has 0 aliphatic carbocycles. The minimum Gasteiger partial charge on any atom is -0.459 e. The van der Waals surface area contributed by atoms with Crippen molar-refractivity contribution in [3.63, 3.8) is 0 Å². The van der Waals surface area contributed by atoms with Gasteiger partial charge >= 0.3 is 5.97 Å². The van der Waals surface area contributed by atoms with Gasteiger partial charge in [0.2, 0.25) is 5.95 Å². The summed E-state index contributed by atoms with van der Waals surface area (Å²) in [7, 11) is 4.84. The molecule has 2 fully saturated rings. The predicted molar refractivity (Wildman–Crippen MR) is 241 cm³/mol. The van der Waals surface area contributed by atoms with E-state index in [1.165, 1.54) is 39.7 Å². The number of ketones is 1. The SMILES string of the molecule is CC[C@H]1OC(=O)[C@H](C)[C@@H](O)[C@H](C)[C@@H](O[C@@H]2O[C@H](C)C[C@H](N(C)CCc3cn([C@H](CF)[C@H](OC)c4ccc(-c5cnc(N)nc5)cc4)nn3)[C@H]2O)[C@](C)(OC)C[C@@H](C)C(=O)[C@H](C)[C@@H](O)[C@]1(C)O. The van der Waals surface area contributed by atoms with Crippen LogP contribution >= 0.6 is 0 Å². The largest absolute Gasteiger partial charge is 0.459 e. The summed E-state index contributed by atoms with van der Waals surface area (Å²) in [6.07, 6.45) is -2.70. The minimum atomic E-state index is -1.97. The Morgan fingerprint density at radius 2 is 1.65 bits per heavy atom. The number of benzene rings is 1. The molecule has 16 atom stereocenters. The van der Waals surface area contributed by atoms with Gasteiger partial charge in [-0.3, -0.25) is 9.59 Å². The first kappa shape index (κ1) is 52.9. The van der Waals surface area contributed by atoms with E-state index < -0.39 is 103 Å². The average Bonchev–Trinajstić information content (AvgIpc) is 3.78. The zero-order valence-electron chi connectivity index (χ0n) is 40.2. The highest BCUT2D eigenvalue weighted by molar-refractivity contribution is 5.83. The van der Waals surface area contributed by atoms with Gasteiger partial charge in [-0.25, -0.2) is 19.0 Å². The van der Waals surface area contributed by atoms with Crippen LogP contribution in [0.2, 0.25) is 0 Å². The Balaban J connectivity index is 1.32. The molecule has 2 aromatic heterocycles. The van der Waals surface area contributed by atoms with E-state index in [9.17, 15) is 34.4 Å². The molecule has 0 unspecified atom stereocenters. The number of Topliss-reactive ketones (excluding diaryl/α,β-unsaturated/α-hetero) is 1. The number of anilines is 1. The second kappa shape index (κ2) is 22.4. The molecular formula is C47H72FN7O11. The van der Waals surface area contributed by atoms with Gasteiger partial charge in [-0.15, -0.1) is 5.10 Å². The number of nitrogens with two attached hydrogens (primary N) is 1. The van der Waals surface area contributed by atoms with Crippen molar-refractivity contribution in [1.29, 1.82) is 0 Å². The smallest absolute Gasteiger partial charge is 0.311 e. The first-order valence-corrected chi connectivity index (χ1v) is 22.9. The number of esters is 1. The van der Waals surface area contributed by atoms with E-state index in [4.69, 9.17) is 29.4 Å². The van der Waals surface area contributed by atoms with Crippen LogP contribution in [0.15, 0.2) is 42.9 Å². The second-order valence-electron chi connectivity index (χ2n) is 18.9. The first-order chi connectivity index (χ1) is 31.1. The van der Waals surface area contributed by atoms with Crippen LogP contribution in [0, 0.1) is 23.7 Å². The average molecular weight is 930 g/mol. The van der Waals surface area contributed by atoms with Crippen molar-refractivity contribution in [2.45, 2.75) is 153 Å². The molecule has 18 nitrogen and oxygen atoms in total. The maximum absolute atomic E-state index is 14.8. The monoisotopic (exact) mass is 930 g/mol. The van der Waals surface area contributed by atoms with Crippen molar-refractivity contribution in [2.75, 3.05) is 40.2 Å². The highest BCUT2D eigenvalue weighted by atomic mass is 19.1. The van der Waals surface area contributed by atoms with Gasteiger partial charge in [0.25, 0.3) is 0 Å². The van der Waals surface area contributed by atoms with Crippen LogP contribution in [-0.2, 0) is 39.7 Å². The third-order valence-electron chi connectivity index (χ3n) is 14.1. The number of halogens is 1. The number of methoxy groups -OCH3 is 2. The number of alkyl halides is 1. The maximum atomic E-state index is 14.8. The van der Waals surface area contributed by atoms with Gasteiger partial charge in [0, 0.05) is 75.1 Å². The summed E-state index contributed by atoms with van der Waals surface area (Å²) in [5, 5.41) is 55.2. The number of nitrogen functional groups attached to an aromatic ring is 1. The number of ether oxygens (including phenoxy) is 5. The van der Waals surface area contributed by atoms with Crippen molar-refractivity contribution in [3.8, 4) is 11.1 Å². The number of hydrogen-bond donors (Lipinski definition) is 5. The topological polar surface area (TPSA) is 247 Å². The summed E-state index contributed by atoms with van der Waals surface area (Å²) in [4.78, 5) is 37.6. The molecule has 66 heavy (non-hydrogen) atoms. The van der Waals surface area contributed by atoms with Gasteiger partial charge < -0.3 is 54.7 Å². The third-order valence-corrected chi connectivity index (χ3v) is 14.1. The molecule has 2 aliphatic heterocycles. The number of aromatic nitrogens is 5. The van der Waals surface area contributed by atoms with E-state index in [0.717, 1.165) is 16.7 Å². The molecule has 0 radical (unpaired) electrons. The minimum absolute atomic E-state index is 0.0582. The van der Waals surface area contributed by atoms with E-state index in [2.05, 4.69) is 20.3 Å². The molecule has 3 aromatic rings. The van der Waals surface area contributed by atoms with Crippen molar-refractivity contribution < 1.29 is 58.1 Å². The highest BCUT2D eigenvalue weighted by Crippen LogP contribution is 2.40. The van der Waals surface area contributed by atoms with E-state index in [1.54, 1.807) is 46.3 Å². The highest BCUT2D eigenvalue weighted by Gasteiger charge is 2.52. The fraction of sp³-hybridized carbons (Fsp3) is 0.702. The summed E-state index contributed by atoms with van der Waals surface area (Å²) in [6.45, 7) is 12.7. The van der Waals surface area contributed by atoms with Crippen LogP contribution in [0.4, 0.5) is 10.3 Å². The number of cyclic esters (lactones) is 1. The summed E-state index contributed by atoms with van der Waals surface area (Å²) < 4.78 is 46.9. The molecule has 6 N–H and O–H groups in total. The second-order valence-corrected chi connectivity index (χ2v) is 18.9. The molecule has 2 aliphatic rings. The van der Waals surface area contributed by atoms with Crippen LogP contribution in [0.5, 0.6) is 0 Å². The lowest BCUT2D eigenvalue weighted by molar-refractivity contribution is -0.302. The Hall–Kier alpha value is -4.05. The molecule has 0 saturated carbocycles. The molecule has 0 spiro atoms. The molecule has 2 saturated heterocycles. The number of likely N-dealkylation sites (N-methyl/N-ethyl adjacent to an activating group) is 1. The Bertz CT molecular complexity index is 2030. The lowest BCUT2D eigenvalue weighted by Gasteiger charge is -2.48. The van der Waals surface area contributed by atoms with Crippen LogP contribution in [0.1, 0.15) is 98.1 Å². The van der Waals surface area contributed by atoms with Crippen molar-refractivity contribution in [3.05, 3.63) is 54.1 Å². The fourth-order valence-electron chi connectivity index (χ4n) is 9.71. The van der Waals surface area contributed by atoms with Crippen LogP contribution in [0.25, 0.3) is 11.1 Å². The Kier molecular flexibility index (Phi) is 17.9. The molecule has 4 heterocycles. The standard InChI is InChI=1S/C47H72FN7O11/c1-12-36-47(8,61)41(59)27(4)37(56)25(2)20-46(7,63-11)42(28(5)38(57)29(6)43(60)65-36)66-44-39(58)34(19-26(3)64-44)54(9)18-17-33-24-55(53-52-33)35(21-48)40(62-10)31-15-13-30(14-16-31)32-22-50-45(49)51-23-32/h13-16,22-29,34-36,38-42,44,57-59,61H,12,17-21H2,1-11H3,(H2,49,50,51)/t25-,26-,27+,28+,29-,34+,35-,36-,38+,39-,40-,41-,42-,44+,46-,47-/m1/s1. The zero-order chi connectivity index (χ0) is 48.8. The molecule has 1 aromatic carbocycles. The van der Waals surface area contributed by atoms with E-state index in [1.807, 2.05) is 43.1 Å². The number of aliphatic hydroxyl groups is 4. The van der Waals surface area contributed by atoms with Crippen LogP contribution in [-0.4, -0.2) is 157 Å². The maximum Gasteiger partial charge on any atom is 0.311 e. The van der Waals surface area contributed by atoms with Crippen molar-refractivity contribution in [1.82, 2.24) is 29.9 Å². The zero-order valence-corrected chi connectivity index (χ0v) is 40.2. The summed E-state index contributed by atoms with van der Waals surface area (Å²) in [6, 6.07) is 6.18. The fourth-order valence-corrected chi connectivity index (χ4v) is 9.71. The molecule has 0 bridgehead atoms. The Labute approximate surface area is 387 Å². The van der Waals surface area contributed by atoms with E-state index in [0.29, 0.717) is 25.1 Å². The number of hydrogen-bond acceptors (Lipinski definition) is 17. The quantitative estimate of drug-likeness (QED) is 0.145. The van der Waals surface area contributed by atoms with Gasteiger partial charge in [-0.2, -0.15) is 0 Å². The summed E-state index contributed by atoms with van der Waals surface area (Å²) in [5.74, 6) is -4.74. The Morgan fingerprint density at radius 1 is 1.00 bits per heavy atom. The van der Waals surface area contributed by atoms with Crippen molar-refractivity contribution >= 4 is 17.7 Å². The van der Waals surface area contributed by atoms with Gasteiger partial charge in [-0.1, -0.05) is 57.2 Å². The van der Waals surface area contributed by atoms with E-state index >= 15 is 0 Å². The first-order valence-electron chi connectivity index (χ1n) is 22.9. The molecule has 368 valence electrons. The summed E-state index contributed by atoms with van der Waals surface area (Å²) >= 11 is 0. The van der Waals surface area contributed by atoms with Gasteiger partial charge in [0.1, 0.15) is 42.4 Å². The predicted octanol–water partition coefficient (Wildman–Crippen LogP) is 3.66. The number of aliphatic hydroxyl groups excluding tert-OH is 3. The van der Waals surface area contributed by atoms with Gasteiger partial charge in [-0.05, 0) is 65.1 Å². The molecule has 19 heteroatoms. The molecular weight excluding hydrogens is 858 g/mol. The van der Waals surface area contributed by atoms with Crippen molar-refractivity contribution in [2.24, 2.45) is 23.7 Å². The van der Waals surface area contributed by atoms with E-state index in [-0.39, 0.29) is 30.7 Å². The van der Waals surface area contributed by atoms with Gasteiger partial charge in [0.15, 0.2) is 6.29 Å². The molecule has 0 amide bonds. The number of carbonyl (C=O) groups excluding carboxylic acids is 2. The number of rotatable bonds is 14. The summed E-state index contributed by atoms with van der Waals surface area (Å²) in [5.41, 5.74) is 5.33. The third kappa shape index (κ3) is 11.6. The lowest BCUT2D eigenvalue weighted by atomic mass is 9.74. The molecule has 5 rings (SSSR count). The van der Waals surface area contributed by atoms with Crippen LogP contribution in [0.3, 0.4) is 0 Å². The van der Waals surface area contributed by atoms with Gasteiger partial charge in [0.05, 0.1) is 41.6 Å². The lowest BCUT2D eigenvalue weighted by Crippen LogP contribution is -2.60. The Morgan fingerprint density at radius 3 is 2.24 bits per heavy atom. The number of carbonyl (C=O) groups is 2. The van der Waals surface area contributed by atoms with Crippen LogP contribution < -0.4 is 5.73 Å².